The van der Waals surface area contributed by atoms with E-state index in [2.05, 4.69) is 36.7 Å². The molecule has 2 aromatic rings. The molecule has 31 heavy (non-hydrogen) atoms. The van der Waals surface area contributed by atoms with Crippen LogP contribution in [0.15, 0.2) is 34.6 Å². The van der Waals surface area contributed by atoms with Crippen LogP contribution < -0.4 is 24.8 Å². The van der Waals surface area contributed by atoms with Crippen LogP contribution in [0.1, 0.15) is 23.4 Å². The predicted octanol–water partition coefficient (Wildman–Crippen LogP) is 4.05. The number of thiophene rings is 1. The summed E-state index contributed by atoms with van der Waals surface area (Å²) >= 11 is 1.70. The second kappa shape index (κ2) is 12.2. The molecule has 2 N–H and O–H groups in total. The average Bonchev–Trinajstić information content (AvgIpc) is 3.37. The summed E-state index contributed by atoms with van der Waals surface area (Å²) < 4.78 is 40.9. The van der Waals surface area contributed by atoms with Gasteiger partial charge in [-0.3, -0.25) is 0 Å². The van der Waals surface area contributed by atoms with E-state index >= 15 is 0 Å². The largest absolute Gasteiger partial charge is 0.454 e. The Kier molecular flexibility index (Phi) is 10.0. The molecule has 1 aromatic carbocycles. The zero-order valence-corrected chi connectivity index (χ0v) is 20.7. The maximum absolute atomic E-state index is 12.8. The molecule has 0 radical (unpaired) electrons. The van der Waals surface area contributed by atoms with Gasteiger partial charge in [-0.05, 0) is 38.5 Å². The van der Waals surface area contributed by atoms with Crippen LogP contribution in [0, 0.1) is 0 Å². The lowest BCUT2D eigenvalue weighted by Gasteiger charge is -2.24. The Bertz CT molecular complexity index is 853. The van der Waals surface area contributed by atoms with Crippen LogP contribution in [0.3, 0.4) is 0 Å². The Morgan fingerprint density at radius 3 is 2.61 bits per heavy atom. The molecule has 0 aliphatic carbocycles. The molecule has 0 saturated carbocycles. The van der Waals surface area contributed by atoms with Gasteiger partial charge in [0, 0.05) is 29.6 Å². The molecule has 1 aromatic heterocycles. The van der Waals surface area contributed by atoms with E-state index in [0.717, 1.165) is 0 Å². The van der Waals surface area contributed by atoms with Gasteiger partial charge in [0.1, 0.15) is 5.75 Å². The summed E-state index contributed by atoms with van der Waals surface area (Å²) in [5, 5.41) is 8.57. The van der Waals surface area contributed by atoms with Gasteiger partial charge < -0.3 is 29.7 Å². The number of rotatable bonds is 9. The van der Waals surface area contributed by atoms with Crippen molar-refractivity contribution in [3.63, 3.8) is 0 Å². The zero-order valence-electron chi connectivity index (χ0n) is 17.6. The summed E-state index contributed by atoms with van der Waals surface area (Å²) in [6.07, 6.45) is 0. The number of halogens is 3. The Hall–Kier alpha value is -1.86. The minimum atomic E-state index is -2.94. The van der Waals surface area contributed by atoms with Crippen molar-refractivity contribution in [2.45, 2.75) is 26.1 Å². The highest BCUT2D eigenvalue weighted by Gasteiger charge is 2.20. The van der Waals surface area contributed by atoms with E-state index in [0.29, 0.717) is 36.1 Å². The number of aliphatic imine (C=N–C) groups is 1. The first-order valence-corrected chi connectivity index (χ1v) is 10.4. The topological polar surface area (TPSA) is 67.4 Å². The van der Waals surface area contributed by atoms with E-state index in [-0.39, 0.29) is 49.1 Å². The summed E-state index contributed by atoms with van der Waals surface area (Å²) in [5.74, 6) is 1.48. The van der Waals surface area contributed by atoms with Crippen molar-refractivity contribution in [3.8, 4) is 17.2 Å². The zero-order chi connectivity index (χ0) is 21.5. The fraction of sp³-hybridized carbons (Fsp3) is 0.450. The number of likely N-dealkylation sites (N-methyl/N-ethyl adjacent to an activating group) is 1. The number of fused-ring (bicyclic) bond motifs is 1. The Morgan fingerprint density at radius 2 is 2.00 bits per heavy atom. The number of ether oxygens (including phenoxy) is 3. The van der Waals surface area contributed by atoms with Crippen molar-refractivity contribution in [2.24, 2.45) is 4.99 Å². The highest BCUT2D eigenvalue weighted by molar-refractivity contribution is 14.0. The van der Waals surface area contributed by atoms with Crippen molar-refractivity contribution >= 4 is 41.3 Å². The van der Waals surface area contributed by atoms with Crippen LogP contribution in [0.2, 0.25) is 0 Å². The number of hydrogen-bond donors (Lipinski definition) is 2. The second-order valence-electron chi connectivity index (χ2n) is 6.76. The maximum Gasteiger partial charge on any atom is 0.387 e. The van der Waals surface area contributed by atoms with Gasteiger partial charge in [0.2, 0.25) is 6.79 Å². The first kappa shape index (κ1) is 25.4. The lowest BCUT2D eigenvalue weighted by molar-refractivity contribution is -0.0505. The molecule has 7 nitrogen and oxygen atoms in total. The minimum Gasteiger partial charge on any atom is -0.454 e. The van der Waals surface area contributed by atoms with Gasteiger partial charge in [-0.1, -0.05) is 6.07 Å². The van der Waals surface area contributed by atoms with Gasteiger partial charge in [0.05, 0.1) is 12.6 Å². The van der Waals surface area contributed by atoms with Crippen molar-refractivity contribution in [1.82, 2.24) is 15.5 Å². The molecule has 0 spiro atoms. The van der Waals surface area contributed by atoms with Crippen LogP contribution >= 0.6 is 35.3 Å². The van der Waals surface area contributed by atoms with Crippen LogP contribution in [0.25, 0.3) is 0 Å². The van der Waals surface area contributed by atoms with Crippen molar-refractivity contribution in [3.05, 3.63) is 40.1 Å². The standard InChI is InChI=1S/C20H26F2N4O3S.HI/c1-4-23-20(25-11-14(26(2)3)18-6-5-7-30-18)24-10-13-8-16-17(28-12-27-16)9-15(13)29-19(21)22;/h5-9,14,19H,4,10-12H2,1-3H3,(H2,23,24,25);1H. The molecule has 1 aliphatic heterocycles. The van der Waals surface area contributed by atoms with Gasteiger partial charge in [-0.2, -0.15) is 8.78 Å². The van der Waals surface area contributed by atoms with Gasteiger partial charge in [-0.15, -0.1) is 35.3 Å². The van der Waals surface area contributed by atoms with E-state index in [1.54, 1.807) is 17.4 Å². The molecule has 2 heterocycles. The third-order valence-corrected chi connectivity index (χ3v) is 5.45. The monoisotopic (exact) mass is 568 g/mol. The molecular weight excluding hydrogens is 541 g/mol. The summed E-state index contributed by atoms with van der Waals surface area (Å²) in [6, 6.07) is 7.35. The smallest absolute Gasteiger partial charge is 0.387 e. The molecule has 0 amide bonds. The highest BCUT2D eigenvalue weighted by atomic mass is 127. The molecule has 1 aliphatic rings. The van der Waals surface area contributed by atoms with Gasteiger partial charge >= 0.3 is 6.61 Å². The van der Waals surface area contributed by atoms with Gasteiger partial charge in [-0.25, -0.2) is 4.99 Å². The van der Waals surface area contributed by atoms with Crippen molar-refractivity contribution in [1.29, 1.82) is 0 Å². The summed E-state index contributed by atoms with van der Waals surface area (Å²) in [7, 11) is 4.05. The Balaban J connectivity index is 0.00000341. The Labute approximate surface area is 201 Å². The predicted molar refractivity (Wildman–Crippen MR) is 128 cm³/mol. The third kappa shape index (κ3) is 7.07. The molecule has 0 saturated heterocycles. The van der Waals surface area contributed by atoms with Gasteiger partial charge in [0.15, 0.2) is 17.5 Å². The summed E-state index contributed by atoms with van der Waals surface area (Å²) in [5.41, 5.74) is 0.485. The molecule has 0 bridgehead atoms. The van der Waals surface area contributed by atoms with Crippen LogP contribution in [0.5, 0.6) is 17.2 Å². The lowest BCUT2D eigenvalue weighted by Crippen LogP contribution is -2.41. The number of nitrogens with zero attached hydrogens (tertiary/aromatic N) is 2. The van der Waals surface area contributed by atoms with E-state index in [9.17, 15) is 8.78 Å². The van der Waals surface area contributed by atoms with Crippen LogP contribution in [-0.2, 0) is 6.54 Å². The molecule has 0 fully saturated rings. The lowest BCUT2D eigenvalue weighted by atomic mass is 10.1. The van der Waals surface area contributed by atoms with Crippen LogP contribution in [0.4, 0.5) is 8.78 Å². The Morgan fingerprint density at radius 1 is 1.26 bits per heavy atom. The first-order valence-electron chi connectivity index (χ1n) is 9.57. The number of guanidine groups is 1. The number of nitrogens with one attached hydrogen (secondary N) is 2. The van der Waals surface area contributed by atoms with Gasteiger partial charge in [0.25, 0.3) is 0 Å². The number of hydrogen-bond acceptors (Lipinski definition) is 6. The molecule has 11 heteroatoms. The average molecular weight is 568 g/mol. The molecule has 1 atom stereocenters. The van der Waals surface area contributed by atoms with E-state index in [1.807, 2.05) is 27.1 Å². The minimum absolute atomic E-state index is 0. The summed E-state index contributed by atoms with van der Waals surface area (Å²) in [6.45, 7) is 0.520. The normalized spacial score (nSPS) is 13.8. The molecule has 3 rings (SSSR count). The number of benzene rings is 1. The van der Waals surface area contributed by atoms with E-state index in [1.165, 1.54) is 10.9 Å². The van der Waals surface area contributed by atoms with Crippen molar-refractivity contribution < 1.29 is 23.0 Å². The third-order valence-electron chi connectivity index (χ3n) is 4.48. The second-order valence-corrected chi connectivity index (χ2v) is 7.74. The van der Waals surface area contributed by atoms with E-state index in [4.69, 9.17) is 9.47 Å². The molecule has 1 unspecified atom stereocenters. The van der Waals surface area contributed by atoms with Crippen molar-refractivity contribution in [2.75, 3.05) is 34.0 Å². The highest BCUT2D eigenvalue weighted by Crippen LogP contribution is 2.39. The van der Waals surface area contributed by atoms with E-state index < -0.39 is 6.61 Å². The fourth-order valence-electron chi connectivity index (χ4n) is 3.01. The SMILES string of the molecule is CCNC(=NCc1cc2c(cc1OC(F)F)OCO2)NCC(c1cccs1)N(C)C.I. The number of alkyl halides is 2. The molecular formula is C20H27F2IN4O3S. The molecule has 172 valence electrons. The summed E-state index contributed by atoms with van der Waals surface area (Å²) in [4.78, 5) is 7.92. The van der Waals surface area contributed by atoms with Crippen LogP contribution in [-0.4, -0.2) is 51.4 Å². The first-order chi connectivity index (χ1) is 14.5. The maximum atomic E-state index is 12.8. The fourth-order valence-corrected chi connectivity index (χ4v) is 3.94. The quantitative estimate of drug-likeness (QED) is 0.271.